The zero-order valence-electron chi connectivity index (χ0n) is 20.8. The summed E-state index contributed by atoms with van der Waals surface area (Å²) in [6.07, 6.45) is 1.96. The van der Waals surface area contributed by atoms with Gasteiger partial charge in [-0.25, -0.2) is 4.57 Å². The lowest BCUT2D eigenvalue weighted by Gasteiger charge is -2.12. The lowest BCUT2D eigenvalue weighted by molar-refractivity contribution is -0.644. The molecule has 0 radical (unpaired) electrons. The predicted molar refractivity (Wildman–Crippen MR) is 156 cm³/mol. The Balaban J connectivity index is 0.00000253. The van der Waals surface area contributed by atoms with E-state index in [9.17, 15) is 4.79 Å². The highest BCUT2D eigenvalue weighted by molar-refractivity contribution is 8.93. The van der Waals surface area contributed by atoms with E-state index in [2.05, 4.69) is 20.8 Å². The fraction of sp³-hybridized carbons (Fsp3) is 0.0769. The summed E-state index contributed by atoms with van der Waals surface area (Å²) in [6, 6.07) is 20.1. The van der Waals surface area contributed by atoms with Crippen LogP contribution in [0.2, 0.25) is 0 Å². The van der Waals surface area contributed by atoms with Gasteiger partial charge in [-0.1, -0.05) is 12.1 Å². The third-order valence-electron chi connectivity index (χ3n) is 5.61. The van der Waals surface area contributed by atoms with Crippen molar-refractivity contribution in [3.63, 3.8) is 0 Å². The van der Waals surface area contributed by atoms with Crippen LogP contribution in [0.3, 0.4) is 0 Å². The van der Waals surface area contributed by atoms with E-state index in [1.807, 2.05) is 60.3 Å². The lowest BCUT2D eigenvalue weighted by atomic mass is 10.1. The van der Waals surface area contributed by atoms with Gasteiger partial charge >= 0.3 is 0 Å². The summed E-state index contributed by atoms with van der Waals surface area (Å²) in [6.45, 7) is 1.78. The molecule has 0 aliphatic carbocycles. The number of fused-ring (bicyclic) bond motifs is 1. The zero-order chi connectivity index (χ0) is 25.8. The number of aryl methyl sites for hydroxylation is 1. The predicted octanol–water partition coefficient (Wildman–Crippen LogP) is 0.404. The minimum atomic E-state index is -0.317. The lowest BCUT2D eigenvalue weighted by Crippen LogP contribution is -3.00. The van der Waals surface area contributed by atoms with Gasteiger partial charge in [0, 0.05) is 34.9 Å². The minimum absolute atomic E-state index is 0. The smallest absolute Gasteiger partial charge is 0.257 e. The van der Waals surface area contributed by atoms with E-state index in [0.717, 1.165) is 27.8 Å². The molecule has 0 saturated carbocycles. The highest BCUT2D eigenvalue weighted by Crippen LogP contribution is 2.28. The van der Waals surface area contributed by atoms with Gasteiger partial charge in [0.05, 0.1) is 22.3 Å². The first-order valence-electron chi connectivity index (χ1n) is 11.1. The number of carbonyl (C=O) groups excluding carboxylic acids is 1. The monoisotopic (exact) mass is 641 g/mol. The van der Waals surface area contributed by atoms with Crippen LogP contribution in [-0.4, -0.2) is 17.6 Å². The second kappa shape index (κ2) is 12.9. The fourth-order valence-corrected chi connectivity index (χ4v) is 3.73. The number of carbonyl (C=O) groups is 1. The van der Waals surface area contributed by atoms with E-state index in [0.29, 0.717) is 28.3 Å². The number of aromatic nitrogens is 1. The Kier molecular flexibility index (Phi) is 10.2. The number of nitrogen functional groups attached to an aromatic ring is 2. The van der Waals surface area contributed by atoms with Gasteiger partial charge < -0.3 is 50.5 Å². The van der Waals surface area contributed by atoms with Crippen molar-refractivity contribution in [1.82, 2.24) is 0 Å². The number of amides is 1. The minimum Gasteiger partial charge on any atom is -1.00 e. The summed E-state index contributed by atoms with van der Waals surface area (Å²) in [5, 5.41) is 14.8. The van der Waals surface area contributed by atoms with Gasteiger partial charge in [0.2, 0.25) is 11.5 Å². The van der Waals surface area contributed by atoms with Crippen LogP contribution in [0.4, 0.5) is 28.4 Å². The van der Waals surface area contributed by atoms with E-state index in [1.165, 1.54) is 0 Å². The maximum absolute atomic E-state index is 12.9. The number of rotatable bonds is 6. The van der Waals surface area contributed by atoms with Crippen molar-refractivity contribution in [2.24, 2.45) is 28.7 Å². The topological polar surface area (TPSA) is 174 Å². The van der Waals surface area contributed by atoms with Crippen molar-refractivity contribution in [3.8, 4) is 0 Å². The van der Waals surface area contributed by atoms with Gasteiger partial charge in [-0.3, -0.25) is 4.79 Å². The molecular formula is C26H29Br2N9O. The van der Waals surface area contributed by atoms with Crippen LogP contribution >= 0.6 is 17.0 Å². The number of hydrogen-bond acceptors (Lipinski definition) is 6. The number of guanidine groups is 1. The Morgan fingerprint density at radius 2 is 1.58 bits per heavy atom. The van der Waals surface area contributed by atoms with Crippen LogP contribution in [0.15, 0.2) is 83.1 Å². The van der Waals surface area contributed by atoms with Gasteiger partial charge in [-0.05, 0) is 55.0 Å². The molecule has 0 aliphatic heterocycles. The first-order chi connectivity index (χ1) is 17.2. The summed E-state index contributed by atoms with van der Waals surface area (Å²) in [5.41, 5.74) is 29.0. The molecule has 1 aromatic heterocycles. The quantitative estimate of drug-likeness (QED) is 0.0584. The SMILES string of the molecule is Br.C/C(=N\N=C(N)N)c1ccc(NC(=O)c2ccc(Nc3cc[n+](C)c4ccc(N)cc34)cc2N)cc1.[Br-]. The Morgan fingerprint density at radius 1 is 0.895 bits per heavy atom. The van der Waals surface area contributed by atoms with Crippen molar-refractivity contribution in [3.05, 3.63) is 84.1 Å². The standard InChI is InChI=1S/C26H27N9O.2BrH/c1-15(33-34-26(29)30)16-3-6-18(7-4-16)32-25(36)20-9-8-19(14-22(20)28)31-23-11-12-35(2)24-10-5-17(27)13-21(23)24;;/h3-14H,27H2,1-2H3,(H7,28,29,30,32,33,34,36);2*1H. The van der Waals surface area contributed by atoms with Gasteiger partial charge in [-0.2, -0.15) is 5.10 Å². The molecule has 0 atom stereocenters. The van der Waals surface area contributed by atoms with Crippen LogP contribution in [-0.2, 0) is 7.05 Å². The first-order valence-corrected chi connectivity index (χ1v) is 11.1. The van der Waals surface area contributed by atoms with Crippen LogP contribution < -0.4 is 55.1 Å². The summed E-state index contributed by atoms with van der Waals surface area (Å²) in [4.78, 5) is 12.9. The first kappa shape index (κ1) is 30.1. The van der Waals surface area contributed by atoms with E-state index >= 15 is 0 Å². The average Bonchev–Trinajstić information content (AvgIpc) is 2.84. The third kappa shape index (κ3) is 6.99. The summed E-state index contributed by atoms with van der Waals surface area (Å²) >= 11 is 0. The molecule has 38 heavy (non-hydrogen) atoms. The number of benzene rings is 3. The molecule has 4 rings (SSSR count). The van der Waals surface area contributed by atoms with Crippen LogP contribution in [0.25, 0.3) is 10.9 Å². The molecule has 10 N–H and O–H groups in total. The molecule has 0 aliphatic rings. The average molecular weight is 643 g/mol. The van der Waals surface area contributed by atoms with Gasteiger partial charge in [0.25, 0.3) is 5.91 Å². The number of halogens is 2. The molecule has 198 valence electrons. The van der Waals surface area contributed by atoms with Crippen molar-refractivity contribution in [2.45, 2.75) is 6.92 Å². The summed E-state index contributed by atoms with van der Waals surface area (Å²) in [5.74, 6) is -0.435. The Labute approximate surface area is 241 Å². The summed E-state index contributed by atoms with van der Waals surface area (Å²) < 4.78 is 2.02. The third-order valence-corrected chi connectivity index (χ3v) is 5.61. The highest BCUT2D eigenvalue weighted by Gasteiger charge is 2.14. The van der Waals surface area contributed by atoms with Crippen LogP contribution in [0.5, 0.6) is 0 Å². The maximum atomic E-state index is 12.9. The highest BCUT2D eigenvalue weighted by atomic mass is 79.9. The van der Waals surface area contributed by atoms with Crippen LogP contribution in [0, 0.1) is 0 Å². The van der Waals surface area contributed by atoms with Crippen LogP contribution in [0.1, 0.15) is 22.8 Å². The second-order valence-electron chi connectivity index (χ2n) is 8.29. The largest absolute Gasteiger partial charge is 1.00 e. The maximum Gasteiger partial charge on any atom is 0.257 e. The van der Waals surface area contributed by atoms with Crippen molar-refractivity contribution >= 4 is 73.9 Å². The molecule has 12 heteroatoms. The molecule has 4 aromatic rings. The molecule has 0 spiro atoms. The number of nitrogens with one attached hydrogen (secondary N) is 2. The molecule has 0 fully saturated rings. The number of nitrogens with two attached hydrogens (primary N) is 4. The van der Waals surface area contributed by atoms with Gasteiger partial charge in [0.15, 0.2) is 6.20 Å². The van der Waals surface area contributed by atoms with E-state index < -0.39 is 0 Å². The molecule has 3 aromatic carbocycles. The molecule has 0 unspecified atom stereocenters. The number of hydrogen-bond donors (Lipinski definition) is 6. The second-order valence-corrected chi connectivity index (χ2v) is 8.29. The Bertz CT molecular complexity index is 1520. The molecule has 0 bridgehead atoms. The molecular weight excluding hydrogens is 614 g/mol. The number of nitrogens with zero attached hydrogens (tertiary/aromatic N) is 3. The Hall–Kier alpha value is -4.16. The fourth-order valence-electron chi connectivity index (χ4n) is 3.73. The van der Waals surface area contributed by atoms with Gasteiger partial charge in [-0.15, -0.1) is 22.1 Å². The Morgan fingerprint density at radius 3 is 2.24 bits per heavy atom. The van der Waals surface area contributed by atoms with Crippen molar-refractivity contribution in [1.29, 1.82) is 0 Å². The molecule has 1 heterocycles. The van der Waals surface area contributed by atoms with E-state index in [1.54, 1.807) is 31.2 Å². The zero-order valence-corrected chi connectivity index (χ0v) is 24.1. The summed E-state index contributed by atoms with van der Waals surface area (Å²) in [7, 11) is 1.97. The van der Waals surface area contributed by atoms with E-state index in [4.69, 9.17) is 22.9 Å². The van der Waals surface area contributed by atoms with E-state index in [-0.39, 0.29) is 45.8 Å². The van der Waals surface area contributed by atoms with Gasteiger partial charge in [0.1, 0.15) is 7.05 Å². The number of anilines is 5. The van der Waals surface area contributed by atoms with Crippen molar-refractivity contribution < 1.29 is 26.3 Å². The number of pyridine rings is 1. The molecule has 1 amide bonds. The normalized spacial score (nSPS) is 10.6. The van der Waals surface area contributed by atoms with Crippen molar-refractivity contribution in [2.75, 3.05) is 22.1 Å². The molecule has 0 saturated heterocycles. The molecule has 10 nitrogen and oxygen atoms in total.